The highest BCUT2D eigenvalue weighted by molar-refractivity contribution is 7.92. The minimum atomic E-state index is -3.87. The van der Waals surface area contributed by atoms with Crippen LogP contribution in [0, 0.1) is 5.92 Å². The van der Waals surface area contributed by atoms with E-state index < -0.39 is 16.1 Å². The largest absolute Gasteiger partial charge is 0.489 e. The summed E-state index contributed by atoms with van der Waals surface area (Å²) in [6, 6.07) is 14.7. The molecule has 6 rings (SSSR count). The minimum Gasteiger partial charge on any atom is -0.489 e. The van der Waals surface area contributed by atoms with Crippen LogP contribution >= 0.6 is 0 Å². The van der Waals surface area contributed by atoms with Crippen LogP contribution in [-0.2, 0) is 23.0 Å². The minimum absolute atomic E-state index is 0.116. The maximum Gasteiger partial charge on any atom is 0.368 e. The number of hydrogen-bond acceptors (Lipinski definition) is 10. The molecule has 46 heavy (non-hydrogen) atoms. The summed E-state index contributed by atoms with van der Waals surface area (Å²) in [5, 5.41) is 21.7. The lowest BCUT2D eigenvalue weighted by atomic mass is 10.0. The molecule has 1 aliphatic carbocycles. The summed E-state index contributed by atoms with van der Waals surface area (Å²) in [4.78, 5) is 17.0. The number of rotatable bonds is 13. The van der Waals surface area contributed by atoms with Gasteiger partial charge in [-0.1, -0.05) is 31.7 Å². The summed E-state index contributed by atoms with van der Waals surface area (Å²) in [6.45, 7) is 1.39. The Labute approximate surface area is 267 Å². The highest BCUT2D eigenvalue weighted by atomic mass is 32.2. The van der Waals surface area contributed by atoms with Crippen molar-refractivity contribution in [1.82, 2.24) is 30.1 Å². The molecule has 0 spiro atoms. The van der Waals surface area contributed by atoms with E-state index in [1.807, 2.05) is 0 Å². The predicted molar refractivity (Wildman–Crippen MR) is 173 cm³/mol. The van der Waals surface area contributed by atoms with E-state index in [1.165, 1.54) is 41.1 Å². The van der Waals surface area contributed by atoms with E-state index in [0.717, 1.165) is 24.3 Å². The van der Waals surface area contributed by atoms with Gasteiger partial charge in [-0.3, -0.25) is 4.72 Å². The maximum absolute atomic E-state index is 13.2. The van der Waals surface area contributed by atoms with E-state index in [9.17, 15) is 18.3 Å². The molecule has 2 aromatic heterocycles. The van der Waals surface area contributed by atoms with Gasteiger partial charge in [0.2, 0.25) is 0 Å². The van der Waals surface area contributed by atoms with Gasteiger partial charge in [-0.05, 0) is 96.1 Å². The van der Waals surface area contributed by atoms with Crippen molar-refractivity contribution in [3.8, 4) is 11.4 Å². The number of hydrogen-bond donors (Lipinski definition) is 4. The van der Waals surface area contributed by atoms with Gasteiger partial charge in [-0.15, -0.1) is 0 Å². The first-order chi connectivity index (χ1) is 22.2. The number of anilines is 2. The lowest BCUT2D eigenvalue weighted by Gasteiger charge is -2.27. The van der Waals surface area contributed by atoms with Crippen LogP contribution in [0.5, 0.6) is 5.75 Å². The van der Waals surface area contributed by atoms with Gasteiger partial charge in [-0.25, -0.2) is 18.2 Å². The van der Waals surface area contributed by atoms with Crippen molar-refractivity contribution in [1.29, 1.82) is 0 Å². The van der Waals surface area contributed by atoms with Crippen LogP contribution in [0.4, 0.5) is 11.5 Å². The molecule has 1 fully saturated rings. The zero-order valence-corrected chi connectivity index (χ0v) is 26.4. The van der Waals surface area contributed by atoms with Gasteiger partial charge < -0.3 is 20.9 Å². The third-order valence-electron chi connectivity index (χ3n) is 8.74. The van der Waals surface area contributed by atoms with Crippen molar-refractivity contribution in [3.63, 3.8) is 0 Å². The molecule has 2 aromatic carbocycles. The Hall–Kier alpha value is -4.27. The first kappa shape index (κ1) is 31.7. The zero-order valence-electron chi connectivity index (χ0n) is 25.6. The molecule has 1 saturated carbocycles. The highest BCUT2D eigenvalue weighted by Crippen LogP contribution is 2.31. The van der Waals surface area contributed by atoms with Gasteiger partial charge >= 0.3 is 5.69 Å². The Balaban J connectivity index is 1.01. The van der Waals surface area contributed by atoms with Crippen LogP contribution in [0.3, 0.4) is 0 Å². The maximum atomic E-state index is 13.2. The smallest absolute Gasteiger partial charge is 0.368 e. The van der Waals surface area contributed by atoms with Crippen molar-refractivity contribution in [2.45, 2.75) is 75.0 Å². The first-order valence-electron chi connectivity index (χ1n) is 15.8. The number of nitrogens with two attached hydrogens (primary N) is 1. The van der Waals surface area contributed by atoms with Crippen LogP contribution in [0.1, 0.15) is 62.2 Å². The molecule has 3 heterocycles. The number of nitrogens with one attached hydrogen (secondary N) is 2. The quantitative estimate of drug-likeness (QED) is 0.168. The summed E-state index contributed by atoms with van der Waals surface area (Å²) in [5.74, 6) is 1.79. The molecular formula is C32H40N8O5S. The van der Waals surface area contributed by atoms with Crippen LogP contribution < -0.4 is 26.2 Å². The number of aliphatic hydroxyl groups is 1. The number of aliphatic hydroxyl groups excluding tert-OH is 1. The van der Waals surface area contributed by atoms with Crippen LogP contribution in [-0.4, -0.2) is 57.5 Å². The van der Waals surface area contributed by atoms with E-state index >= 15 is 0 Å². The fraction of sp³-hybridized carbons (Fsp3) is 0.438. The van der Waals surface area contributed by atoms with E-state index in [2.05, 4.69) is 25.4 Å². The average Bonchev–Trinajstić information content (AvgIpc) is 3.71. The summed E-state index contributed by atoms with van der Waals surface area (Å²) in [7, 11) is -3.87. The molecule has 2 aliphatic rings. The second kappa shape index (κ2) is 14.0. The van der Waals surface area contributed by atoms with Crippen molar-refractivity contribution in [2.24, 2.45) is 5.92 Å². The van der Waals surface area contributed by atoms with Crippen molar-refractivity contribution in [3.05, 3.63) is 82.4 Å². The molecule has 2 atom stereocenters. The number of fused-ring (bicyclic) bond motifs is 1. The van der Waals surface area contributed by atoms with Crippen molar-refractivity contribution >= 4 is 21.5 Å². The fourth-order valence-electron chi connectivity index (χ4n) is 6.13. The van der Waals surface area contributed by atoms with Crippen molar-refractivity contribution < 1.29 is 18.3 Å². The number of ether oxygens (including phenoxy) is 1. The van der Waals surface area contributed by atoms with Gasteiger partial charge in [-0.2, -0.15) is 9.36 Å². The number of aromatic nitrogens is 5. The Morgan fingerprint density at radius 1 is 1.04 bits per heavy atom. The van der Waals surface area contributed by atoms with Gasteiger partial charge in [0.25, 0.3) is 10.0 Å². The fourth-order valence-corrected chi connectivity index (χ4v) is 7.24. The molecule has 244 valence electrons. The number of tetrazole rings is 1. The second-order valence-electron chi connectivity index (χ2n) is 12.1. The Morgan fingerprint density at radius 3 is 2.61 bits per heavy atom. The number of nitrogens with zero attached hydrogens (tertiary/aromatic N) is 5. The molecule has 14 heteroatoms. The number of benzene rings is 2. The number of aryl methyl sites for hydroxylation is 2. The lowest BCUT2D eigenvalue weighted by molar-refractivity contribution is 0.146. The number of nitrogen functional groups attached to an aromatic ring is 1. The molecule has 13 nitrogen and oxygen atoms in total. The SMILES string of the molecule is Nc1ccc(C(O)CNC[C@H]2CCc3cc(S(=O)(=O)Nc4ccc(-n5nnn(CCCC6CCCC6)c5=O)cc4)ccc3O2)cn1. The zero-order chi connectivity index (χ0) is 32.1. The van der Waals surface area contributed by atoms with Gasteiger partial charge in [0.15, 0.2) is 0 Å². The number of sulfonamides is 1. The van der Waals surface area contributed by atoms with Crippen LogP contribution in [0.15, 0.2) is 70.5 Å². The van der Waals surface area contributed by atoms with Crippen LogP contribution in [0.2, 0.25) is 0 Å². The molecule has 0 radical (unpaired) electrons. The number of pyridine rings is 1. The predicted octanol–water partition coefficient (Wildman–Crippen LogP) is 3.19. The summed E-state index contributed by atoms with van der Waals surface area (Å²) in [5.41, 5.74) is 7.64. The third kappa shape index (κ3) is 7.57. The summed E-state index contributed by atoms with van der Waals surface area (Å²) < 4.78 is 37.8. The van der Waals surface area contributed by atoms with Gasteiger partial charge in [0, 0.05) is 37.1 Å². The normalized spacial score (nSPS) is 17.4. The van der Waals surface area contributed by atoms with Crippen LogP contribution in [0.25, 0.3) is 5.69 Å². The van der Waals surface area contributed by atoms with E-state index in [1.54, 1.807) is 54.7 Å². The molecule has 5 N–H and O–H groups in total. The monoisotopic (exact) mass is 648 g/mol. The molecule has 0 bridgehead atoms. The molecule has 1 unspecified atom stereocenters. The summed E-state index contributed by atoms with van der Waals surface area (Å²) in [6.07, 6.45) is 9.21. The van der Waals surface area contributed by atoms with Gasteiger partial charge in [0.1, 0.15) is 17.7 Å². The molecule has 0 amide bonds. The molecule has 0 saturated heterocycles. The lowest BCUT2D eigenvalue weighted by Crippen LogP contribution is -2.36. The van der Waals surface area contributed by atoms with E-state index in [0.29, 0.717) is 61.0 Å². The van der Waals surface area contributed by atoms with Crippen molar-refractivity contribution in [2.75, 3.05) is 23.5 Å². The highest BCUT2D eigenvalue weighted by Gasteiger charge is 2.23. The topological polar surface area (TPSA) is 179 Å². The molecule has 1 aliphatic heterocycles. The third-order valence-corrected chi connectivity index (χ3v) is 10.1. The average molecular weight is 649 g/mol. The van der Waals surface area contributed by atoms with E-state index in [-0.39, 0.29) is 16.7 Å². The summed E-state index contributed by atoms with van der Waals surface area (Å²) >= 11 is 0. The molecule has 4 aromatic rings. The second-order valence-corrected chi connectivity index (χ2v) is 13.8. The van der Waals surface area contributed by atoms with Gasteiger partial charge in [0.05, 0.1) is 16.7 Å². The standard InChI is InChI=1S/C32H40N8O5S/c33-31-16-8-24(19-35-31)29(41)21-34-20-27-13-7-23-18-28(14-15-30(23)45-27)46(43,44)36-25-9-11-26(12-10-25)40-32(42)39(37-38-40)17-3-6-22-4-1-2-5-22/h8-12,14-16,18-19,22,27,29,34,36,41H,1-7,13,17,20-21H2,(H2,33,35)/t27-,29?/m1/s1. The first-order valence-corrected chi connectivity index (χ1v) is 17.3. The van der Waals surface area contributed by atoms with E-state index in [4.69, 9.17) is 10.5 Å². The Bertz CT molecular complexity index is 1780. The Kier molecular flexibility index (Phi) is 9.66. The molecular weight excluding hydrogens is 608 g/mol. The Morgan fingerprint density at radius 2 is 1.85 bits per heavy atom.